The Morgan fingerprint density at radius 1 is 1.08 bits per heavy atom. The standard InChI is InChI=1S/C21H21NO2.C2H6/c1-15-7-9-16(10-8-15)21(11-4-12-21)18-13-22(14-20(23)24)19-6-3-2-5-17(18)19;1-2/h2-3,5-10,13H,4,11-12,14H2,1H3,(H,23,24);1-2H3. The molecule has 1 N–H and O–H groups in total. The number of nitrogens with zero attached hydrogens (tertiary/aromatic N) is 1. The zero-order valence-electron chi connectivity index (χ0n) is 15.8. The molecule has 136 valence electrons. The van der Waals surface area contributed by atoms with Crippen molar-refractivity contribution in [1.29, 1.82) is 0 Å². The van der Waals surface area contributed by atoms with Gasteiger partial charge in [0.05, 0.1) is 0 Å². The highest BCUT2D eigenvalue weighted by molar-refractivity contribution is 5.87. The first-order valence-corrected chi connectivity index (χ1v) is 9.47. The average molecular weight is 349 g/mol. The van der Waals surface area contributed by atoms with Gasteiger partial charge in [0.1, 0.15) is 6.54 Å². The molecule has 0 atom stereocenters. The zero-order valence-corrected chi connectivity index (χ0v) is 15.8. The number of aliphatic carboxylic acids is 1. The largest absolute Gasteiger partial charge is 0.480 e. The summed E-state index contributed by atoms with van der Waals surface area (Å²) in [6, 6.07) is 17.0. The summed E-state index contributed by atoms with van der Waals surface area (Å²) in [7, 11) is 0. The van der Waals surface area contributed by atoms with Crippen LogP contribution in [0.2, 0.25) is 0 Å². The van der Waals surface area contributed by atoms with Crippen LogP contribution in [0.3, 0.4) is 0 Å². The molecule has 3 nitrogen and oxygen atoms in total. The Kier molecular flexibility index (Phi) is 5.17. The van der Waals surface area contributed by atoms with Crippen LogP contribution in [0.15, 0.2) is 54.7 Å². The van der Waals surface area contributed by atoms with E-state index < -0.39 is 5.97 Å². The highest BCUT2D eigenvalue weighted by atomic mass is 16.4. The van der Waals surface area contributed by atoms with Gasteiger partial charge in [0.25, 0.3) is 0 Å². The molecule has 0 bridgehead atoms. The molecule has 1 saturated carbocycles. The van der Waals surface area contributed by atoms with Crippen molar-refractivity contribution in [1.82, 2.24) is 4.57 Å². The maximum Gasteiger partial charge on any atom is 0.323 e. The van der Waals surface area contributed by atoms with E-state index in [-0.39, 0.29) is 12.0 Å². The van der Waals surface area contributed by atoms with Crippen LogP contribution in [0.5, 0.6) is 0 Å². The van der Waals surface area contributed by atoms with E-state index in [1.165, 1.54) is 28.5 Å². The smallest absolute Gasteiger partial charge is 0.323 e. The van der Waals surface area contributed by atoms with Gasteiger partial charge >= 0.3 is 5.97 Å². The van der Waals surface area contributed by atoms with Gasteiger partial charge in [-0.1, -0.05) is 68.3 Å². The van der Waals surface area contributed by atoms with Crippen LogP contribution in [0.1, 0.15) is 49.8 Å². The third-order valence-corrected chi connectivity index (χ3v) is 5.42. The van der Waals surface area contributed by atoms with Crippen LogP contribution in [0.4, 0.5) is 0 Å². The highest BCUT2D eigenvalue weighted by Gasteiger charge is 2.42. The SMILES string of the molecule is CC.Cc1ccc(C2(c3cn(CC(=O)O)c4ccccc34)CCC2)cc1. The first kappa shape index (κ1) is 18.2. The quantitative estimate of drug-likeness (QED) is 0.673. The summed E-state index contributed by atoms with van der Waals surface area (Å²) in [4.78, 5) is 11.2. The fourth-order valence-electron chi connectivity index (χ4n) is 4.02. The molecule has 1 fully saturated rings. The third kappa shape index (κ3) is 3.03. The van der Waals surface area contributed by atoms with E-state index in [0.717, 1.165) is 18.4 Å². The van der Waals surface area contributed by atoms with Crippen LogP contribution in [-0.2, 0) is 16.8 Å². The molecule has 3 aromatic rings. The van der Waals surface area contributed by atoms with Crippen molar-refractivity contribution >= 4 is 16.9 Å². The highest BCUT2D eigenvalue weighted by Crippen LogP contribution is 2.51. The van der Waals surface area contributed by atoms with E-state index in [9.17, 15) is 9.90 Å². The number of aromatic nitrogens is 1. The first-order valence-electron chi connectivity index (χ1n) is 9.47. The second kappa shape index (κ2) is 7.36. The summed E-state index contributed by atoms with van der Waals surface area (Å²) in [6.07, 6.45) is 5.53. The molecule has 1 heterocycles. The van der Waals surface area contributed by atoms with Crippen LogP contribution >= 0.6 is 0 Å². The van der Waals surface area contributed by atoms with Crippen molar-refractivity contribution in [3.8, 4) is 0 Å². The molecule has 0 amide bonds. The minimum Gasteiger partial charge on any atom is -0.480 e. The molecular weight excluding hydrogens is 322 g/mol. The van der Waals surface area contributed by atoms with Crippen molar-refractivity contribution in [2.45, 2.75) is 52.0 Å². The maximum atomic E-state index is 11.2. The number of benzene rings is 2. The topological polar surface area (TPSA) is 42.2 Å². The Morgan fingerprint density at radius 2 is 1.73 bits per heavy atom. The molecule has 0 unspecified atom stereocenters. The lowest BCUT2D eigenvalue weighted by Crippen LogP contribution is -2.35. The van der Waals surface area contributed by atoms with Crippen LogP contribution in [-0.4, -0.2) is 15.6 Å². The number of carboxylic acid groups (broad SMARTS) is 1. The molecule has 1 aliphatic rings. The van der Waals surface area contributed by atoms with E-state index >= 15 is 0 Å². The van der Waals surface area contributed by atoms with Crippen molar-refractivity contribution in [2.24, 2.45) is 0 Å². The van der Waals surface area contributed by atoms with Crippen LogP contribution in [0.25, 0.3) is 10.9 Å². The number of fused-ring (bicyclic) bond motifs is 1. The van der Waals surface area contributed by atoms with Crippen molar-refractivity contribution < 1.29 is 9.90 Å². The summed E-state index contributed by atoms with van der Waals surface area (Å²) in [5, 5.41) is 10.4. The normalized spacial score (nSPS) is 15.0. The monoisotopic (exact) mass is 349 g/mol. The lowest BCUT2D eigenvalue weighted by atomic mass is 9.60. The number of para-hydroxylation sites is 1. The second-order valence-corrected chi connectivity index (χ2v) is 6.88. The first-order chi connectivity index (χ1) is 12.6. The lowest BCUT2D eigenvalue weighted by molar-refractivity contribution is -0.137. The van der Waals surface area contributed by atoms with E-state index in [2.05, 4.69) is 43.5 Å². The second-order valence-electron chi connectivity index (χ2n) is 6.88. The third-order valence-electron chi connectivity index (χ3n) is 5.42. The summed E-state index contributed by atoms with van der Waals surface area (Å²) in [6.45, 7) is 6.11. The molecule has 26 heavy (non-hydrogen) atoms. The maximum absolute atomic E-state index is 11.2. The Hall–Kier alpha value is -2.55. The molecule has 0 aliphatic heterocycles. The summed E-state index contributed by atoms with van der Waals surface area (Å²) < 4.78 is 1.88. The Balaban J connectivity index is 0.000000948. The number of hydrogen-bond acceptors (Lipinski definition) is 1. The van der Waals surface area contributed by atoms with Crippen LogP contribution < -0.4 is 0 Å². The molecule has 1 aromatic heterocycles. The van der Waals surface area contributed by atoms with Gasteiger partial charge in [-0.15, -0.1) is 0 Å². The molecule has 0 spiro atoms. The van der Waals surface area contributed by atoms with E-state index in [0.29, 0.717) is 0 Å². The summed E-state index contributed by atoms with van der Waals surface area (Å²) >= 11 is 0. The predicted molar refractivity (Wildman–Crippen MR) is 107 cm³/mol. The minimum absolute atomic E-state index is 0.00446. The van der Waals surface area contributed by atoms with Gasteiger partial charge in [-0.2, -0.15) is 0 Å². The molecular formula is C23H27NO2. The van der Waals surface area contributed by atoms with E-state index in [1.807, 2.05) is 36.6 Å². The van der Waals surface area contributed by atoms with Crippen molar-refractivity contribution in [2.75, 3.05) is 0 Å². The van der Waals surface area contributed by atoms with Gasteiger partial charge in [-0.25, -0.2) is 0 Å². The van der Waals surface area contributed by atoms with Crippen molar-refractivity contribution in [3.05, 3.63) is 71.4 Å². The average Bonchev–Trinajstić information content (AvgIpc) is 2.96. The fourth-order valence-corrected chi connectivity index (χ4v) is 4.02. The Morgan fingerprint density at radius 3 is 2.31 bits per heavy atom. The summed E-state index contributed by atoms with van der Waals surface area (Å²) in [5.41, 5.74) is 4.92. The molecule has 4 rings (SSSR count). The van der Waals surface area contributed by atoms with Gasteiger partial charge in [0, 0.05) is 22.5 Å². The molecule has 0 saturated heterocycles. The minimum atomic E-state index is -0.805. The number of carboxylic acids is 1. The number of aryl methyl sites for hydroxylation is 1. The zero-order chi connectivity index (χ0) is 18.7. The molecule has 3 heteroatoms. The number of carbonyl (C=O) groups is 1. The molecule has 2 aromatic carbocycles. The van der Waals surface area contributed by atoms with Gasteiger partial charge in [-0.3, -0.25) is 4.79 Å². The van der Waals surface area contributed by atoms with Gasteiger partial charge in [-0.05, 0) is 37.0 Å². The Bertz CT molecular complexity index is 902. The van der Waals surface area contributed by atoms with E-state index in [4.69, 9.17) is 0 Å². The number of hydrogen-bond donors (Lipinski definition) is 1. The van der Waals surface area contributed by atoms with E-state index in [1.54, 1.807) is 0 Å². The number of rotatable bonds is 4. The van der Waals surface area contributed by atoms with Gasteiger partial charge in [0.15, 0.2) is 0 Å². The molecule has 1 aliphatic carbocycles. The van der Waals surface area contributed by atoms with Crippen LogP contribution in [0, 0.1) is 6.92 Å². The fraction of sp³-hybridized carbons (Fsp3) is 0.348. The summed E-state index contributed by atoms with van der Waals surface area (Å²) in [5.74, 6) is -0.805. The van der Waals surface area contributed by atoms with Gasteiger partial charge < -0.3 is 9.67 Å². The van der Waals surface area contributed by atoms with Gasteiger partial charge in [0.2, 0.25) is 0 Å². The van der Waals surface area contributed by atoms with Crippen molar-refractivity contribution in [3.63, 3.8) is 0 Å². The Labute approximate surface area is 155 Å². The molecule has 0 radical (unpaired) electrons. The lowest BCUT2D eigenvalue weighted by Gasteiger charge is -2.43. The predicted octanol–water partition coefficient (Wildman–Crippen LogP) is 5.53.